The maximum Gasteiger partial charge on any atom is 0.324 e. The number of urea groups is 1. The fraction of sp³-hybridized carbons (Fsp3) is 0.467. The molecule has 128 valence electrons. The first-order chi connectivity index (χ1) is 11.6. The van der Waals surface area contributed by atoms with Gasteiger partial charge in [0.25, 0.3) is 0 Å². The van der Waals surface area contributed by atoms with Crippen molar-refractivity contribution in [2.45, 2.75) is 6.42 Å². The van der Waals surface area contributed by atoms with Gasteiger partial charge in [-0.05, 0) is 12.5 Å². The first-order valence-corrected chi connectivity index (χ1v) is 8.72. The van der Waals surface area contributed by atoms with E-state index in [-0.39, 0.29) is 6.03 Å². The number of hydrogen-bond donors (Lipinski definition) is 1. The van der Waals surface area contributed by atoms with Gasteiger partial charge in [0.1, 0.15) is 5.82 Å². The first kappa shape index (κ1) is 16.4. The highest BCUT2D eigenvalue weighted by molar-refractivity contribution is 7.13. The molecule has 1 fully saturated rings. The van der Waals surface area contributed by atoms with Crippen LogP contribution >= 0.6 is 11.3 Å². The Morgan fingerprint density at radius 1 is 1.21 bits per heavy atom. The summed E-state index contributed by atoms with van der Waals surface area (Å²) in [4.78, 5) is 31.2. The average Bonchev–Trinajstić information content (AvgIpc) is 2.99. The van der Waals surface area contributed by atoms with Crippen molar-refractivity contribution in [1.29, 1.82) is 0 Å². The van der Waals surface area contributed by atoms with Crippen molar-refractivity contribution in [3.63, 3.8) is 0 Å². The molecule has 2 aromatic rings. The van der Waals surface area contributed by atoms with Crippen LogP contribution in [-0.2, 0) is 0 Å². The predicted octanol–water partition coefficient (Wildman–Crippen LogP) is 1.74. The molecule has 8 nitrogen and oxygen atoms in total. The summed E-state index contributed by atoms with van der Waals surface area (Å²) in [6.45, 7) is 3.04. The maximum atomic E-state index is 12.5. The van der Waals surface area contributed by atoms with Crippen LogP contribution < -0.4 is 15.1 Å². The minimum atomic E-state index is -0.160. The highest BCUT2D eigenvalue weighted by atomic mass is 32.1. The van der Waals surface area contributed by atoms with Gasteiger partial charge in [-0.1, -0.05) is 0 Å². The van der Waals surface area contributed by atoms with Crippen molar-refractivity contribution in [3.05, 3.63) is 23.8 Å². The second-order valence-electron chi connectivity index (χ2n) is 5.71. The number of thiazole rings is 1. The summed E-state index contributed by atoms with van der Waals surface area (Å²) in [6, 6.07) is 1.64. The lowest BCUT2D eigenvalue weighted by atomic mass is 10.4. The van der Waals surface area contributed by atoms with E-state index in [1.807, 2.05) is 30.6 Å². The molecule has 0 atom stereocenters. The van der Waals surface area contributed by atoms with E-state index < -0.39 is 0 Å². The lowest BCUT2D eigenvalue weighted by Crippen LogP contribution is -2.38. The predicted molar refractivity (Wildman–Crippen MR) is 95.9 cm³/mol. The molecule has 1 aliphatic rings. The average molecular weight is 347 g/mol. The van der Waals surface area contributed by atoms with E-state index in [1.54, 1.807) is 28.5 Å². The third-order valence-corrected chi connectivity index (χ3v) is 4.62. The van der Waals surface area contributed by atoms with E-state index in [9.17, 15) is 4.79 Å². The SMILES string of the molecule is CN(C)c1ccnc(NC(=O)N2CCCN(c3nccs3)CC2)n1. The molecule has 2 amide bonds. The number of nitrogens with zero attached hydrogens (tertiary/aromatic N) is 6. The Hall–Kier alpha value is -2.42. The normalized spacial score (nSPS) is 15.1. The summed E-state index contributed by atoms with van der Waals surface area (Å²) in [5.41, 5.74) is 0. The van der Waals surface area contributed by atoms with Crippen LogP contribution in [0.25, 0.3) is 0 Å². The highest BCUT2D eigenvalue weighted by Crippen LogP contribution is 2.19. The van der Waals surface area contributed by atoms with E-state index in [1.165, 1.54) is 0 Å². The zero-order valence-corrected chi connectivity index (χ0v) is 14.7. The van der Waals surface area contributed by atoms with E-state index in [2.05, 4.69) is 25.2 Å². The molecule has 0 spiro atoms. The van der Waals surface area contributed by atoms with Crippen molar-refractivity contribution >= 4 is 34.3 Å². The van der Waals surface area contributed by atoms with Gasteiger partial charge in [0.05, 0.1) is 0 Å². The number of anilines is 3. The van der Waals surface area contributed by atoms with Gasteiger partial charge < -0.3 is 14.7 Å². The van der Waals surface area contributed by atoms with Crippen molar-refractivity contribution in [2.24, 2.45) is 0 Å². The lowest BCUT2D eigenvalue weighted by Gasteiger charge is -2.21. The Kier molecular flexibility index (Phi) is 5.09. The number of carbonyl (C=O) groups excluding carboxylic acids is 1. The van der Waals surface area contributed by atoms with Gasteiger partial charge in [0, 0.05) is 58.0 Å². The molecule has 1 saturated heterocycles. The molecule has 3 heterocycles. The molecule has 24 heavy (non-hydrogen) atoms. The fourth-order valence-electron chi connectivity index (χ4n) is 2.52. The van der Waals surface area contributed by atoms with Crippen LogP contribution in [0.5, 0.6) is 0 Å². The standard InChI is InChI=1S/C15H21N7OS/c1-20(2)12-4-5-16-13(18-12)19-14(23)21-7-3-8-22(10-9-21)15-17-6-11-24-15/h4-6,11H,3,7-10H2,1-2H3,(H,16,18,19,23). The molecule has 0 radical (unpaired) electrons. The van der Waals surface area contributed by atoms with Crippen LogP contribution in [0, 0.1) is 0 Å². The molecule has 0 unspecified atom stereocenters. The molecule has 2 aromatic heterocycles. The Labute approximate surface area is 145 Å². The Balaban J connectivity index is 1.60. The van der Waals surface area contributed by atoms with E-state index >= 15 is 0 Å². The number of aromatic nitrogens is 3. The number of nitrogens with one attached hydrogen (secondary N) is 1. The molecule has 1 N–H and O–H groups in total. The topological polar surface area (TPSA) is 77.5 Å². The van der Waals surface area contributed by atoms with Gasteiger partial charge >= 0.3 is 6.03 Å². The summed E-state index contributed by atoms with van der Waals surface area (Å²) >= 11 is 1.63. The second-order valence-corrected chi connectivity index (χ2v) is 6.58. The van der Waals surface area contributed by atoms with E-state index in [4.69, 9.17) is 0 Å². The third-order valence-electron chi connectivity index (χ3n) is 3.79. The van der Waals surface area contributed by atoms with E-state index in [0.29, 0.717) is 19.0 Å². The van der Waals surface area contributed by atoms with Gasteiger partial charge in [0.15, 0.2) is 5.13 Å². The monoisotopic (exact) mass is 347 g/mol. The molecular weight excluding hydrogens is 326 g/mol. The minimum Gasteiger partial charge on any atom is -0.363 e. The van der Waals surface area contributed by atoms with Gasteiger partial charge in [-0.15, -0.1) is 11.3 Å². The molecule has 9 heteroatoms. The summed E-state index contributed by atoms with van der Waals surface area (Å²) in [5, 5.41) is 5.78. The van der Waals surface area contributed by atoms with Gasteiger partial charge in [-0.3, -0.25) is 5.32 Å². The zero-order chi connectivity index (χ0) is 16.9. The lowest BCUT2D eigenvalue weighted by molar-refractivity contribution is 0.215. The van der Waals surface area contributed by atoms with Crippen LogP contribution in [0.3, 0.4) is 0 Å². The fourth-order valence-corrected chi connectivity index (χ4v) is 3.21. The van der Waals surface area contributed by atoms with Crippen molar-refractivity contribution in [1.82, 2.24) is 19.9 Å². The summed E-state index contributed by atoms with van der Waals surface area (Å²) in [6.07, 6.45) is 4.36. The summed E-state index contributed by atoms with van der Waals surface area (Å²) in [5.74, 6) is 1.08. The van der Waals surface area contributed by atoms with Crippen LogP contribution in [-0.4, -0.2) is 66.2 Å². The molecule has 0 aliphatic carbocycles. The van der Waals surface area contributed by atoms with Crippen LogP contribution in [0.2, 0.25) is 0 Å². The van der Waals surface area contributed by atoms with Crippen molar-refractivity contribution in [3.8, 4) is 0 Å². The highest BCUT2D eigenvalue weighted by Gasteiger charge is 2.21. The van der Waals surface area contributed by atoms with Gasteiger partial charge in [-0.25, -0.2) is 14.8 Å². The first-order valence-electron chi connectivity index (χ1n) is 7.84. The maximum absolute atomic E-state index is 12.5. The van der Waals surface area contributed by atoms with Gasteiger partial charge in [0.2, 0.25) is 5.95 Å². The molecule has 0 bridgehead atoms. The van der Waals surface area contributed by atoms with Crippen molar-refractivity contribution < 1.29 is 4.79 Å². The minimum absolute atomic E-state index is 0.160. The Morgan fingerprint density at radius 3 is 2.83 bits per heavy atom. The van der Waals surface area contributed by atoms with Crippen LogP contribution in [0.4, 0.5) is 21.7 Å². The smallest absolute Gasteiger partial charge is 0.324 e. The number of amides is 2. The molecule has 0 aromatic carbocycles. The number of rotatable bonds is 3. The van der Waals surface area contributed by atoms with Crippen molar-refractivity contribution in [2.75, 3.05) is 55.4 Å². The molecular formula is C15H21N7OS. The number of hydrogen-bond acceptors (Lipinski definition) is 7. The van der Waals surface area contributed by atoms with Crippen LogP contribution in [0.1, 0.15) is 6.42 Å². The number of carbonyl (C=O) groups is 1. The molecule has 3 rings (SSSR count). The zero-order valence-electron chi connectivity index (χ0n) is 13.8. The van der Waals surface area contributed by atoms with Gasteiger partial charge in [-0.2, -0.15) is 4.98 Å². The third kappa shape index (κ3) is 3.91. The Morgan fingerprint density at radius 2 is 2.08 bits per heavy atom. The van der Waals surface area contributed by atoms with E-state index in [0.717, 1.165) is 30.5 Å². The summed E-state index contributed by atoms with van der Waals surface area (Å²) < 4.78 is 0. The second kappa shape index (κ2) is 7.43. The largest absolute Gasteiger partial charge is 0.363 e. The Bertz CT molecular complexity index is 676. The van der Waals surface area contributed by atoms with Crippen LogP contribution in [0.15, 0.2) is 23.8 Å². The molecule has 0 saturated carbocycles. The summed E-state index contributed by atoms with van der Waals surface area (Å²) in [7, 11) is 3.80. The quantitative estimate of drug-likeness (QED) is 0.911. The molecule has 1 aliphatic heterocycles.